The molecule has 0 saturated heterocycles. The highest BCUT2D eigenvalue weighted by molar-refractivity contribution is 6.29. The van der Waals surface area contributed by atoms with Gasteiger partial charge in [0.15, 0.2) is 16.6 Å². The maximum Gasteiger partial charge on any atom is 0.334 e. The van der Waals surface area contributed by atoms with Crippen LogP contribution in [0.2, 0.25) is 5.15 Å². The highest BCUT2D eigenvalue weighted by Gasteiger charge is 2.19. The van der Waals surface area contributed by atoms with Crippen molar-refractivity contribution >= 4 is 22.6 Å². The molecule has 0 aliphatic rings. The van der Waals surface area contributed by atoms with E-state index < -0.39 is 22.2 Å². The van der Waals surface area contributed by atoms with E-state index in [1.54, 1.807) is 19.3 Å². The van der Waals surface area contributed by atoms with Crippen LogP contribution >= 0.6 is 11.6 Å². The van der Waals surface area contributed by atoms with Gasteiger partial charge < -0.3 is 0 Å². The molecule has 1 N–H and O–H groups in total. The van der Waals surface area contributed by atoms with Gasteiger partial charge in [0.2, 0.25) is 0 Å². The molecule has 124 valence electrons. The third-order valence-electron chi connectivity index (χ3n) is 3.77. The molecular formula is C16H14ClFN4O2. The molecular weight excluding hydrogens is 335 g/mol. The van der Waals surface area contributed by atoms with Gasteiger partial charge in [-0.2, -0.15) is 0 Å². The number of halogens is 2. The molecule has 0 aliphatic carbocycles. The molecule has 0 radical (unpaired) electrons. The van der Waals surface area contributed by atoms with Crippen molar-refractivity contribution in [2.45, 2.75) is 26.7 Å². The molecule has 3 aromatic heterocycles. The van der Waals surface area contributed by atoms with Crippen LogP contribution < -0.4 is 11.2 Å². The summed E-state index contributed by atoms with van der Waals surface area (Å²) in [5, 5.41) is -0.457. The quantitative estimate of drug-likeness (QED) is 0.722. The zero-order chi connectivity index (χ0) is 17.6. The first kappa shape index (κ1) is 16.3. The van der Waals surface area contributed by atoms with Crippen molar-refractivity contribution in [3.63, 3.8) is 0 Å². The number of nitrogens with one attached hydrogen (secondary N) is 1. The second kappa shape index (κ2) is 5.83. The molecule has 0 spiro atoms. The summed E-state index contributed by atoms with van der Waals surface area (Å²) in [4.78, 5) is 34.8. The van der Waals surface area contributed by atoms with Crippen molar-refractivity contribution in [3.05, 3.63) is 61.4 Å². The van der Waals surface area contributed by atoms with Crippen LogP contribution in [0.3, 0.4) is 0 Å². The monoisotopic (exact) mass is 348 g/mol. The molecule has 3 heterocycles. The average Bonchev–Trinajstić information content (AvgIpc) is 2.50. The molecule has 0 unspecified atom stereocenters. The highest BCUT2D eigenvalue weighted by atomic mass is 35.5. The zero-order valence-corrected chi connectivity index (χ0v) is 14.0. The van der Waals surface area contributed by atoms with Crippen LogP contribution in [0.25, 0.3) is 16.7 Å². The summed E-state index contributed by atoms with van der Waals surface area (Å²) in [5.74, 6) is -0.757. The fraction of sp³-hybridized carbons (Fsp3) is 0.250. The van der Waals surface area contributed by atoms with Crippen LogP contribution in [0.15, 0.2) is 28.0 Å². The SMILES string of the molecule is Cc1cncc(C(C)C)c1-n1c(=O)[nH]c(=O)c2cc(F)c(Cl)nc21. The zero-order valence-electron chi connectivity index (χ0n) is 13.2. The minimum absolute atomic E-state index is 0.00588. The van der Waals surface area contributed by atoms with Gasteiger partial charge in [0.1, 0.15) is 0 Å². The van der Waals surface area contributed by atoms with Crippen LogP contribution in [0.1, 0.15) is 30.9 Å². The van der Waals surface area contributed by atoms with E-state index >= 15 is 0 Å². The molecule has 0 amide bonds. The summed E-state index contributed by atoms with van der Waals surface area (Å²) in [6.45, 7) is 5.71. The van der Waals surface area contributed by atoms with Crippen molar-refractivity contribution in [1.29, 1.82) is 0 Å². The molecule has 0 atom stereocenters. The number of rotatable bonds is 2. The maximum absolute atomic E-state index is 13.7. The van der Waals surface area contributed by atoms with Gasteiger partial charge in [-0.15, -0.1) is 0 Å². The minimum Gasteiger partial charge on any atom is -0.273 e. The van der Waals surface area contributed by atoms with E-state index in [1.807, 2.05) is 13.8 Å². The Morgan fingerprint density at radius 3 is 2.67 bits per heavy atom. The van der Waals surface area contributed by atoms with Gasteiger partial charge in [0.25, 0.3) is 5.56 Å². The number of fused-ring (bicyclic) bond motifs is 1. The van der Waals surface area contributed by atoms with Gasteiger partial charge in [-0.3, -0.25) is 14.8 Å². The highest BCUT2D eigenvalue weighted by Crippen LogP contribution is 2.26. The molecule has 0 bridgehead atoms. The molecule has 8 heteroatoms. The number of pyridine rings is 2. The van der Waals surface area contributed by atoms with Crippen molar-refractivity contribution in [2.75, 3.05) is 0 Å². The van der Waals surface area contributed by atoms with E-state index in [-0.39, 0.29) is 17.0 Å². The molecule has 0 saturated carbocycles. The Morgan fingerprint density at radius 2 is 2.00 bits per heavy atom. The number of aryl methyl sites for hydroxylation is 1. The Balaban J connectivity index is 2.56. The molecule has 3 aromatic rings. The predicted octanol–water partition coefficient (Wildman–Crippen LogP) is 2.69. The lowest BCUT2D eigenvalue weighted by molar-refractivity contribution is 0.623. The van der Waals surface area contributed by atoms with Gasteiger partial charge in [0, 0.05) is 12.4 Å². The fourth-order valence-corrected chi connectivity index (χ4v) is 2.76. The molecule has 3 rings (SSSR count). The summed E-state index contributed by atoms with van der Waals surface area (Å²) >= 11 is 5.77. The predicted molar refractivity (Wildman–Crippen MR) is 89.5 cm³/mol. The number of aromatic nitrogens is 4. The first-order chi connectivity index (χ1) is 11.3. The van der Waals surface area contributed by atoms with Gasteiger partial charge in [-0.05, 0) is 30.0 Å². The summed E-state index contributed by atoms with van der Waals surface area (Å²) in [7, 11) is 0. The van der Waals surface area contributed by atoms with E-state index in [0.29, 0.717) is 5.69 Å². The van der Waals surface area contributed by atoms with Crippen molar-refractivity contribution in [3.8, 4) is 5.69 Å². The average molecular weight is 349 g/mol. The van der Waals surface area contributed by atoms with E-state index in [9.17, 15) is 14.0 Å². The third kappa shape index (κ3) is 2.50. The summed E-state index contributed by atoms with van der Waals surface area (Å²) in [6, 6.07) is 0.977. The van der Waals surface area contributed by atoms with Crippen LogP contribution in [0.4, 0.5) is 4.39 Å². The minimum atomic E-state index is -0.824. The normalized spacial score (nSPS) is 11.4. The van der Waals surface area contributed by atoms with Gasteiger partial charge in [0.05, 0.1) is 11.1 Å². The van der Waals surface area contributed by atoms with Gasteiger partial charge in [-0.1, -0.05) is 25.4 Å². The van der Waals surface area contributed by atoms with Gasteiger partial charge >= 0.3 is 5.69 Å². The van der Waals surface area contributed by atoms with Crippen LogP contribution in [-0.4, -0.2) is 19.5 Å². The second-order valence-electron chi connectivity index (χ2n) is 5.78. The third-order valence-corrected chi connectivity index (χ3v) is 4.03. The van der Waals surface area contributed by atoms with E-state index in [0.717, 1.165) is 17.2 Å². The van der Waals surface area contributed by atoms with E-state index in [4.69, 9.17) is 11.6 Å². The van der Waals surface area contributed by atoms with Crippen LogP contribution in [0, 0.1) is 12.7 Å². The lowest BCUT2D eigenvalue weighted by Gasteiger charge is -2.17. The number of aromatic amines is 1. The van der Waals surface area contributed by atoms with E-state index in [2.05, 4.69) is 15.0 Å². The fourth-order valence-electron chi connectivity index (χ4n) is 2.63. The largest absolute Gasteiger partial charge is 0.334 e. The van der Waals surface area contributed by atoms with Gasteiger partial charge in [-0.25, -0.2) is 18.7 Å². The second-order valence-corrected chi connectivity index (χ2v) is 6.13. The first-order valence-corrected chi connectivity index (χ1v) is 7.65. The molecule has 24 heavy (non-hydrogen) atoms. The Bertz CT molecular complexity index is 1070. The van der Waals surface area contributed by atoms with Crippen molar-refractivity contribution < 1.29 is 4.39 Å². The summed E-state index contributed by atoms with van der Waals surface area (Å²) in [5.41, 5.74) is 0.699. The molecule has 6 nitrogen and oxygen atoms in total. The number of hydrogen-bond acceptors (Lipinski definition) is 4. The first-order valence-electron chi connectivity index (χ1n) is 7.27. The van der Waals surface area contributed by atoms with Crippen LogP contribution in [-0.2, 0) is 0 Å². The Hall–Kier alpha value is -2.54. The molecule has 0 fully saturated rings. The smallest absolute Gasteiger partial charge is 0.273 e. The Labute approximate surface area is 141 Å². The van der Waals surface area contributed by atoms with Crippen LogP contribution in [0.5, 0.6) is 0 Å². The maximum atomic E-state index is 13.7. The summed E-state index contributed by atoms with van der Waals surface area (Å²) in [6.07, 6.45) is 3.26. The molecule has 0 aliphatic heterocycles. The number of hydrogen-bond donors (Lipinski definition) is 1. The van der Waals surface area contributed by atoms with Crippen molar-refractivity contribution in [2.24, 2.45) is 0 Å². The standard InChI is InChI=1S/C16H14ClFN4O2/c1-7(2)10-6-19-5-8(3)12(10)22-14-9(15(23)21-16(22)24)4-11(18)13(17)20-14/h4-7H,1-3H3,(H,21,23,24). The lowest BCUT2D eigenvalue weighted by Crippen LogP contribution is -2.31. The lowest BCUT2D eigenvalue weighted by atomic mass is 10.0. The topological polar surface area (TPSA) is 80.6 Å². The van der Waals surface area contributed by atoms with Crippen molar-refractivity contribution in [1.82, 2.24) is 19.5 Å². The summed E-state index contributed by atoms with van der Waals surface area (Å²) < 4.78 is 14.9. The Kier molecular flexibility index (Phi) is 3.96. The number of H-pyrrole nitrogens is 1. The van der Waals surface area contributed by atoms with E-state index in [1.165, 1.54) is 4.57 Å². The Morgan fingerprint density at radius 1 is 1.29 bits per heavy atom. The number of nitrogens with zero attached hydrogens (tertiary/aromatic N) is 3. The molecule has 0 aromatic carbocycles.